The number of nitrogens with zero attached hydrogens (tertiary/aromatic N) is 4. The van der Waals surface area contributed by atoms with Gasteiger partial charge < -0.3 is 8.94 Å². The molecule has 0 amide bonds. The summed E-state index contributed by atoms with van der Waals surface area (Å²) < 4.78 is 13.4. The Morgan fingerprint density at radius 3 is 2.48 bits per heavy atom. The quantitative estimate of drug-likeness (QED) is 0.438. The molecule has 0 unspecified atom stereocenters. The van der Waals surface area contributed by atoms with Crippen LogP contribution in [-0.4, -0.2) is 19.3 Å². The van der Waals surface area contributed by atoms with Crippen LogP contribution in [0.25, 0.3) is 22.3 Å². The summed E-state index contributed by atoms with van der Waals surface area (Å²) in [5.74, 6) is 1.22. The van der Waals surface area contributed by atoms with E-state index in [4.69, 9.17) is 8.94 Å². The van der Waals surface area contributed by atoms with Crippen molar-refractivity contribution in [1.82, 2.24) is 19.3 Å². The average molecular weight is 414 g/mol. The smallest absolute Gasteiger partial charge is 0.332 e. The van der Waals surface area contributed by atoms with Crippen molar-refractivity contribution in [2.24, 2.45) is 0 Å². The van der Waals surface area contributed by atoms with Gasteiger partial charge in [-0.25, -0.2) is 4.79 Å². The number of benzene rings is 2. The second kappa shape index (κ2) is 7.56. The van der Waals surface area contributed by atoms with Crippen molar-refractivity contribution in [3.05, 3.63) is 105 Å². The highest BCUT2D eigenvalue weighted by molar-refractivity contribution is 5.77. The molecule has 0 radical (unpaired) electrons. The molecule has 0 fully saturated rings. The third-order valence-electron chi connectivity index (χ3n) is 5.10. The molecular weight excluding hydrogens is 396 g/mol. The minimum absolute atomic E-state index is 0.0357. The van der Waals surface area contributed by atoms with Crippen molar-refractivity contribution in [1.29, 1.82) is 0 Å². The van der Waals surface area contributed by atoms with E-state index in [1.807, 2.05) is 31.2 Å². The summed E-state index contributed by atoms with van der Waals surface area (Å²) in [7, 11) is 0. The number of aromatic nitrogens is 4. The predicted molar refractivity (Wildman–Crippen MR) is 114 cm³/mol. The minimum atomic E-state index is -0.477. The molecule has 2 aromatic carbocycles. The first kappa shape index (κ1) is 18.8. The van der Waals surface area contributed by atoms with Crippen LogP contribution in [-0.2, 0) is 13.1 Å². The molecule has 5 aromatic rings. The van der Waals surface area contributed by atoms with Crippen LogP contribution < -0.4 is 11.2 Å². The lowest BCUT2D eigenvalue weighted by Crippen LogP contribution is -2.40. The van der Waals surface area contributed by atoms with Crippen molar-refractivity contribution < 1.29 is 8.94 Å². The second-order valence-corrected chi connectivity index (χ2v) is 7.23. The van der Waals surface area contributed by atoms with Crippen LogP contribution in [0.3, 0.4) is 0 Å². The van der Waals surface area contributed by atoms with Gasteiger partial charge in [-0.2, -0.15) is 4.98 Å². The first-order chi connectivity index (χ1) is 15.1. The highest BCUT2D eigenvalue weighted by Gasteiger charge is 2.17. The molecule has 0 saturated carbocycles. The van der Waals surface area contributed by atoms with Crippen LogP contribution in [0.5, 0.6) is 0 Å². The Kier molecular flexibility index (Phi) is 4.59. The van der Waals surface area contributed by atoms with Gasteiger partial charge >= 0.3 is 5.69 Å². The van der Waals surface area contributed by atoms with E-state index in [0.29, 0.717) is 22.5 Å². The Labute approximate surface area is 176 Å². The maximum absolute atomic E-state index is 13.2. The van der Waals surface area contributed by atoms with Gasteiger partial charge in [0, 0.05) is 5.56 Å². The molecule has 0 spiro atoms. The predicted octanol–water partition coefficient (Wildman–Crippen LogP) is 3.21. The molecule has 0 aliphatic heterocycles. The summed E-state index contributed by atoms with van der Waals surface area (Å²) in [4.78, 5) is 30.6. The van der Waals surface area contributed by atoms with Gasteiger partial charge in [0.05, 0.1) is 23.7 Å². The van der Waals surface area contributed by atoms with Crippen LogP contribution in [0.15, 0.2) is 85.5 Å². The maximum atomic E-state index is 13.2. The van der Waals surface area contributed by atoms with Crippen molar-refractivity contribution in [3.63, 3.8) is 0 Å². The largest absolute Gasteiger partial charge is 0.467 e. The first-order valence-electron chi connectivity index (χ1n) is 9.74. The van der Waals surface area contributed by atoms with Gasteiger partial charge in [0.1, 0.15) is 12.3 Å². The van der Waals surface area contributed by atoms with E-state index in [-0.39, 0.29) is 24.5 Å². The number of rotatable bonds is 5. The Bertz CT molecular complexity index is 1480. The summed E-state index contributed by atoms with van der Waals surface area (Å²) in [6.45, 7) is 2.07. The summed E-state index contributed by atoms with van der Waals surface area (Å²) in [5.41, 5.74) is 1.60. The van der Waals surface area contributed by atoms with Crippen molar-refractivity contribution in [3.8, 4) is 11.4 Å². The topological polar surface area (TPSA) is 96.1 Å². The zero-order chi connectivity index (χ0) is 21.4. The molecule has 8 heteroatoms. The second-order valence-electron chi connectivity index (χ2n) is 7.23. The van der Waals surface area contributed by atoms with Crippen LogP contribution in [0.1, 0.15) is 17.2 Å². The SMILES string of the molecule is Cc1ccc(-c2noc(Cn3c(=O)n(Cc4ccco4)c(=O)c4ccccc43)n2)cc1. The third-order valence-corrected chi connectivity index (χ3v) is 5.10. The fraction of sp³-hybridized carbons (Fsp3) is 0.130. The van der Waals surface area contributed by atoms with Crippen molar-refractivity contribution in [2.45, 2.75) is 20.0 Å². The fourth-order valence-electron chi connectivity index (χ4n) is 3.50. The summed E-state index contributed by atoms with van der Waals surface area (Å²) >= 11 is 0. The summed E-state index contributed by atoms with van der Waals surface area (Å²) in [6.07, 6.45) is 1.50. The molecule has 3 heterocycles. The van der Waals surface area contributed by atoms with Crippen LogP contribution in [0.4, 0.5) is 0 Å². The highest BCUT2D eigenvalue weighted by Crippen LogP contribution is 2.17. The van der Waals surface area contributed by atoms with Gasteiger partial charge in [0.15, 0.2) is 0 Å². The number of hydrogen-bond acceptors (Lipinski definition) is 6. The number of furan rings is 1. The van der Waals surface area contributed by atoms with E-state index in [1.54, 1.807) is 36.4 Å². The molecule has 8 nitrogen and oxygen atoms in total. The molecule has 0 bridgehead atoms. The Balaban J connectivity index is 1.59. The lowest BCUT2D eigenvalue weighted by atomic mass is 10.1. The molecule has 5 rings (SSSR count). The number of fused-ring (bicyclic) bond motifs is 1. The van der Waals surface area contributed by atoms with Gasteiger partial charge in [-0.1, -0.05) is 47.1 Å². The van der Waals surface area contributed by atoms with E-state index in [2.05, 4.69) is 10.1 Å². The molecule has 31 heavy (non-hydrogen) atoms. The molecule has 0 atom stereocenters. The van der Waals surface area contributed by atoms with Gasteiger partial charge in [-0.3, -0.25) is 13.9 Å². The van der Waals surface area contributed by atoms with E-state index in [9.17, 15) is 9.59 Å². The van der Waals surface area contributed by atoms with E-state index in [0.717, 1.165) is 15.7 Å². The fourth-order valence-corrected chi connectivity index (χ4v) is 3.50. The lowest BCUT2D eigenvalue weighted by molar-refractivity contribution is 0.369. The zero-order valence-electron chi connectivity index (χ0n) is 16.7. The lowest BCUT2D eigenvalue weighted by Gasteiger charge is -2.12. The highest BCUT2D eigenvalue weighted by atomic mass is 16.5. The maximum Gasteiger partial charge on any atom is 0.332 e. The van der Waals surface area contributed by atoms with E-state index < -0.39 is 5.69 Å². The van der Waals surface area contributed by atoms with E-state index in [1.165, 1.54) is 10.8 Å². The normalized spacial score (nSPS) is 11.3. The zero-order valence-corrected chi connectivity index (χ0v) is 16.7. The van der Waals surface area contributed by atoms with Crippen LogP contribution in [0, 0.1) is 6.92 Å². The number of para-hydroxylation sites is 1. The average Bonchev–Trinajstić information content (AvgIpc) is 3.47. The Morgan fingerprint density at radius 1 is 0.903 bits per heavy atom. The summed E-state index contributed by atoms with van der Waals surface area (Å²) in [6, 6.07) is 18.1. The van der Waals surface area contributed by atoms with Gasteiger partial charge in [0.25, 0.3) is 5.56 Å². The number of hydrogen-bond donors (Lipinski definition) is 0. The van der Waals surface area contributed by atoms with Crippen LogP contribution >= 0.6 is 0 Å². The minimum Gasteiger partial charge on any atom is -0.467 e. The molecule has 0 N–H and O–H groups in total. The van der Waals surface area contributed by atoms with Gasteiger partial charge in [0.2, 0.25) is 11.7 Å². The van der Waals surface area contributed by atoms with Crippen molar-refractivity contribution in [2.75, 3.05) is 0 Å². The molecular formula is C23H18N4O4. The first-order valence-corrected chi connectivity index (χ1v) is 9.74. The van der Waals surface area contributed by atoms with Gasteiger partial charge in [-0.15, -0.1) is 0 Å². The Hall–Kier alpha value is -4.20. The number of aryl methyl sites for hydroxylation is 1. The molecule has 154 valence electrons. The van der Waals surface area contributed by atoms with E-state index >= 15 is 0 Å². The monoisotopic (exact) mass is 414 g/mol. The molecule has 0 saturated heterocycles. The molecule has 0 aliphatic carbocycles. The summed E-state index contributed by atoms with van der Waals surface area (Å²) in [5, 5.41) is 4.46. The standard InChI is InChI=1S/C23H18N4O4/c1-15-8-10-16(11-9-15)21-24-20(31-25-21)14-26-19-7-3-2-6-18(19)22(28)27(23(26)29)13-17-5-4-12-30-17/h2-12H,13-14H2,1H3. The van der Waals surface area contributed by atoms with Crippen LogP contribution in [0.2, 0.25) is 0 Å². The Morgan fingerprint density at radius 2 is 1.71 bits per heavy atom. The molecule has 3 aromatic heterocycles. The van der Waals surface area contributed by atoms with Gasteiger partial charge in [-0.05, 0) is 31.2 Å². The van der Waals surface area contributed by atoms with Crippen molar-refractivity contribution >= 4 is 10.9 Å². The molecule has 0 aliphatic rings. The third kappa shape index (κ3) is 3.48.